The maximum atomic E-state index is 15.1. The number of benzene rings is 1. The fourth-order valence-electron chi connectivity index (χ4n) is 5.08. The molecular weight excluding hydrogens is 421 g/mol. The van der Waals surface area contributed by atoms with Crippen molar-refractivity contribution in [2.75, 3.05) is 31.2 Å². The van der Waals surface area contributed by atoms with Crippen LogP contribution in [0.5, 0.6) is 0 Å². The van der Waals surface area contributed by atoms with E-state index in [-0.39, 0.29) is 5.82 Å². The van der Waals surface area contributed by atoms with Crippen LogP contribution in [0.2, 0.25) is 0 Å². The molecule has 5 rings (SSSR count). The number of rotatable bonds is 5. The fraction of sp³-hybridized carbons (Fsp3) is 0.560. The van der Waals surface area contributed by atoms with Crippen LogP contribution >= 0.6 is 0 Å². The molecule has 0 amide bonds. The van der Waals surface area contributed by atoms with Gasteiger partial charge in [-0.15, -0.1) is 0 Å². The van der Waals surface area contributed by atoms with Crippen molar-refractivity contribution < 1.29 is 13.7 Å². The number of pyridine rings is 1. The molecule has 8 heteroatoms. The van der Waals surface area contributed by atoms with Crippen molar-refractivity contribution in [3.05, 3.63) is 35.0 Å². The number of aromatic nitrogens is 3. The molecule has 3 aromatic rings. The molecule has 176 valence electrons. The van der Waals surface area contributed by atoms with Crippen LogP contribution in [0.25, 0.3) is 22.3 Å². The highest BCUT2D eigenvalue weighted by Crippen LogP contribution is 2.37. The molecule has 1 atom stereocenters. The molecule has 33 heavy (non-hydrogen) atoms. The smallest absolute Gasteiger partial charge is 0.223 e. The lowest BCUT2D eigenvalue weighted by Gasteiger charge is -2.37. The molecule has 2 fully saturated rings. The Kier molecular flexibility index (Phi) is 6.29. The summed E-state index contributed by atoms with van der Waals surface area (Å²) >= 11 is 0. The molecule has 7 nitrogen and oxygen atoms in total. The van der Waals surface area contributed by atoms with E-state index in [0.29, 0.717) is 29.3 Å². The Hall–Kier alpha value is -2.58. The Morgan fingerprint density at radius 3 is 2.61 bits per heavy atom. The van der Waals surface area contributed by atoms with Gasteiger partial charge in [-0.25, -0.2) is 9.37 Å². The average molecular weight is 454 g/mol. The number of nitrogens with zero attached hydrogens (tertiary/aromatic N) is 4. The van der Waals surface area contributed by atoms with E-state index in [1.165, 1.54) is 6.42 Å². The third-order valence-electron chi connectivity index (χ3n) is 6.93. The summed E-state index contributed by atoms with van der Waals surface area (Å²) in [5.41, 5.74) is 3.12. The highest BCUT2D eigenvalue weighted by molar-refractivity contribution is 5.93. The first-order chi connectivity index (χ1) is 16.0. The summed E-state index contributed by atoms with van der Waals surface area (Å²) in [5, 5.41) is 8.77. The Labute approximate surface area is 193 Å². The molecule has 2 saturated heterocycles. The zero-order valence-corrected chi connectivity index (χ0v) is 19.7. The molecule has 0 bridgehead atoms. The molecular formula is C25H32FN5O2. The van der Waals surface area contributed by atoms with Gasteiger partial charge in [-0.2, -0.15) is 4.98 Å². The first-order valence-electron chi connectivity index (χ1n) is 12.1. The largest absolute Gasteiger partial charge is 0.380 e. The van der Waals surface area contributed by atoms with E-state index in [9.17, 15) is 0 Å². The summed E-state index contributed by atoms with van der Waals surface area (Å²) in [6, 6.07) is 4.52. The number of nitrogens with one attached hydrogen (secondary N) is 1. The summed E-state index contributed by atoms with van der Waals surface area (Å²) in [5.74, 6) is 1.47. The molecule has 0 saturated carbocycles. The van der Waals surface area contributed by atoms with Gasteiger partial charge >= 0.3 is 0 Å². The quantitative estimate of drug-likeness (QED) is 0.616. The second-order valence-corrected chi connectivity index (χ2v) is 9.24. The average Bonchev–Trinajstić information content (AvgIpc) is 3.26. The Bertz CT molecular complexity index is 1130. The molecule has 4 heterocycles. The van der Waals surface area contributed by atoms with Crippen molar-refractivity contribution in [3.8, 4) is 11.4 Å². The maximum Gasteiger partial charge on any atom is 0.223 e. The van der Waals surface area contributed by atoms with Crippen LogP contribution in [0, 0.1) is 19.7 Å². The molecule has 0 aliphatic carbocycles. The molecule has 1 aromatic carbocycles. The van der Waals surface area contributed by atoms with E-state index in [2.05, 4.69) is 20.4 Å². The minimum atomic E-state index is -0.279. The van der Waals surface area contributed by atoms with E-state index in [1.54, 1.807) is 13.0 Å². The van der Waals surface area contributed by atoms with Crippen LogP contribution in [-0.4, -0.2) is 53.5 Å². The van der Waals surface area contributed by atoms with Gasteiger partial charge in [0.1, 0.15) is 17.2 Å². The summed E-state index contributed by atoms with van der Waals surface area (Å²) in [4.78, 5) is 11.6. The number of ether oxygens (including phenoxy) is 1. The number of aryl methyl sites for hydroxylation is 3. The Morgan fingerprint density at radius 2 is 1.94 bits per heavy atom. The van der Waals surface area contributed by atoms with E-state index < -0.39 is 0 Å². The predicted octanol–water partition coefficient (Wildman–Crippen LogP) is 4.34. The van der Waals surface area contributed by atoms with Crippen LogP contribution in [-0.2, 0) is 11.2 Å². The number of halogens is 1. The Balaban J connectivity index is 1.48. The number of anilines is 1. The molecule has 2 aromatic heterocycles. The second-order valence-electron chi connectivity index (χ2n) is 9.24. The van der Waals surface area contributed by atoms with Gasteiger partial charge in [0.15, 0.2) is 0 Å². The number of hydrogen-bond donors (Lipinski definition) is 1. The van der Waals surface area contributed by atoms with Crippen molar-refractivity contribution in [2.24, 2.45) is 0 Å². The monoisotopic (exact) mass is 453 g/mol. The SMILES string of the molecule is CCc1cc(F)c2nc(N3CCC(N[C@H]4CCCOC4)CC3)c(-c3noc(C)n3)c(C)c2c1. The molecule has 0 unspecified atom stereocenters. The van der Waals surface area contributed by atoms with Gasteiger partial charge in [-0.05, 0) is 62.3 Å². The minimum absolute atomic E-state index is 0.279. The first kappa shape index (κ1) is 22.2. The summed E-state index contributed by atoms with van der Waals surface area (Å²) < 4.78 is 26.0. The number of fused-ring (bicyclic) bond motifs is 1. The molecule has 1 N–H and O–H groups in total. The van der Waals surface area contributed by atoms with E-state index >= 15 is 4.39 Å². The van der Waals surface area contributed by atoms with Crippen LogP contribution in [0.1, 0.15) is 49.6 Å². The van der Waals surface area contributed by atoms with Gasteiger partial charge in [0.2, 0.25) is 11.7 Å². The van der Waals surface area contributed by atoms with Crippen molar-refractivity contribution in [1.82, 2.24) is 20.4 Å². The van der Waals surface area contributed by atoms with Crippen LogP contribution in [0.4, 0.5) is 10.2 Å². The van der Waals surface area contributed by atoms with Crippen LogP contribution in [0.3, 0.4) is 0 Å². The predicted molar refractivity (Wildman–Crippen MR) is 126 cm³/mol. The molecule has 2 aliphatic heterocycles. The first-order valence-corrected chi connectivity index (χ1v) is 12.1. The van der Waals surface area contributed by atoms with Gasteiger partial charge in [0.05, 0.1) is 12.2 Å². The number of piperidine rings is 1. The lowest BCUT2D eigenvalue weighted by Crippen LogP contribution is -2.48. The summed E-state index contributed by atoms with van der Waals surface area (Å²) in [7, 11) is 0. The van der Waals surface area contributed by atoms with E-state index in [0.717, 1.165) is 79.9 Å². The van der Waals surface area contributed by atoms with E-state index in [1.807, 2.05) is 19.9 Å². The van der Waals surface area contributed by atoms with Crippen molar-refractivity contribution >= 4 is 16.7 Å². The van der Waals surface area contributed by atoms with Gasteiger partial charge in [-0.3, -0.25) is 0 Å². The van der Waals surface area contributed by atoms with Gasteiger partial charge in [-0.1, -0.05) is 12.1 Å². The van der Waals surface area contributed by atoms with Crippen LogP contribution in [0.15, 0.2) is 16.7 Å². The highest BCUT2D eigenvalue weighted by atomic mass is 19.1. The van der Waals surface area contributed by atoms with Crippen LogP contribution < -0.4 is 10.2 Å². The third kappa shape index (κ3) is 4.46. The standard InChI is InChI=1S/C25H32FN5O2/c1-4-17-12-20-15(2)22(24-27-16(3)33-30-24)25(29-23(20)21(26)13-17)31-9-7-18(8-10-31)28-19-6-5-11-32-14-19/h12-13,18-19,28H,4-11,14H2,1-3H3/t19-/m0/s1. The van der Waals surface area contributed by atoms with Crippen molar-refractivity contribution in [1.29, 1.82) is 0 Å². The lowest BCUT2D eigenvalue weighted by atomic mass is 9.98. The fourth-order valence-corrected chi connectivity index (χ4v) is 5.08. The maximum absolute atomic E-state index is 15.1. The van der Waals surface area contributed by atoms with E-state index in [4.69, 9.17) is 14.2 Å². The zero-order chi connectivity index (χ0) is 22.9. The summed E-state index contributed by atoms with van der Waals surface area (Å²) in [6.07, 6.45) is 5.05. The Morgan fingerprint density at radius 1 is 1.12 bits per heavy atom. The van der Waals surface area contributed by atoms with Crippen molar-refractivity contribution in [2.45, 2.75) is 65.0 Å². The summed E-state index contributed by atoms with van der Waals surface area (Å²) in [6.45, 7) is 9.15. The number of hydrogen-bond acceptors (Lipinski definition) is 7. The van der Waals surface area contributed by atoms with Gasteiger partial charge < -0.3 is 19.5 Å². The topological polar surface area (TPSA) is 76.3 Å². The van der Waals surface area contributed by atoms with Crippen molar-refractivity contribution in [3.63, 3.8) is 0 Å². The van der Waals surface area contributed by atoms with Gasteiger partial charge in [0.25, 0.3) is 0 Å². The second kappa shape index (κ2) is 9.35. The molecule has 0 spiro atoms. The highest BCUT2D eigenvalue weighted by Gasteiger charge is 2.28. The molecule has 2 aliphatic rings. The van der Waals surface area contributed by atoms with Gasteiger partial charge in [0, 0.05) is 44.1 Å². The third-order valence-corrected chi connectivity index (χ3v) is 6.93. The zero-order valence-electron chi connectivity index (χ0n) is 19.7. The lowest BCUT2D eigenvalue weighted by molar-refractivity contribution is 0.0650. The minimum Gasteiger partial charge on any atom is -0.380 e. The normalized spacial score (nSPS) is 20.0. The molecule has 0 radical (unpaired) electrons.